The van der Waals surface area contributed by atoms with Crippen molar-refractivity contribution in [2.24, 2.45) is 11.8 Å². The maximum Gasteiger partial charge on any atom is 0.245 e. The number of anilines is 1. The van der Waals surface area contributed by atoms with E-state index < -0.39 is 0 Å². The molecule has 6 nitrogen and oxygen atoms in total. The number of nitrogens with zero attached hydrogens (tertiary/aromatic N) is 2. The molecule has 0 spiro atoms. The molecule has 1 aliphatic rings. The second kappa shape index (κ2) is 6.54. The molecule has 1 saturated carbocycles. The Morgan fingerprint density at radius 2 is 2.25 bits per heavy atom. The van der Waals surface area contributed by atoms with Gasteiger partial charge in [0.2, 0.25) is 11.8 Å². The van der Waals surface area contributed by atoms with Crippen molar-refractivity contribution < 1.29 is 14.1 Å². The third-order valence-corrected chi connectivity index (χ3v) is 3.39. The summed E-state index contributed by atoms with van der Waals surface area (Å²) in [5.41, 5.74) is 0. The monoisotopic (exact) mass is 279 g/mol. The molecule has 1 aromatic heterocycles. The minimum atomic E-state index is -0.243. The molecule has 1 N–H and O–H groups in total. The Kier molecular flexibility index (Phi) is 4.76. The van der Waals surface area contributed by atoms with Crippen LogP contribution in [0.15, 0.2) is 16.9 Å². The summed E-state index contributed by atoms with van der Waals surface area (Å²) in [4.78, 5) is 25.9. The Balaban J connectivity index is 1.92. The fraction of sp³-hybridized carbons (Fsp3) is 0.643. The minimum absolute atomic E-state index is 0.0698. The predicted molar refractivity (Wildman–Crippen MR) is 73.9 cm³/mol. The highest BCUT2D eigenvalue weighted by atomic mass is 16.5. The standard InChI is InChI=1S/C14H21N3O3/c1-10(2)8-17(14(19)11-4-3-5-11)9-13(18)15-12-6-7-20-16-12/h6-7,10-11H,3-5,8-9H2,1-2H3,(H,15,16,18). The Labute approximate surface area is 118 Å². The number of nitrogens with one attached hydrogen (secondary N) is 1. The summed E-state index contributed by atoms with van der Waals surface area (Å²) in [7, 11) is 0. The van der Waals surface area contributed by atoms with Crippen LogP contribution in [0.25, 0.3) is 0 Å². The van der Waals surface area contributed by atoms with E-state index in [1.165, 1.54) is 6.26 Å². The van der Waals surface area contributed by atoms with Gasteiger partial charge in [-0.15, -0.1) is 0 Å². The summed E-state index contributed by atoms with van der Waals surface area (Å²) in [6.07, 6.45) is 4.38. The molecule has 20 heavy (non-hydrogen) atoms. The van der Waals surface area contributed by atoms with Gasteiger partial charge >= 0.3 is 0 Å². The van der Waals surface area contributed by atoms with Crippen LogP contribution in [-0.2, 0) is 9.59 Å². The summed E-state index contributed by atoms with van der Waals surface area (Å²) in [5.74, 6) is 0.663. The van der Waals surface area contributed by atoms with Gasteiger partial charge in [-0.25, -0.2) is 0 Å². The quantitative estimate of drug-likeness (QED) is 0.863. The van der Waals surface area contributed by atoms with Crippen LogP contribution in [0.3, 0.4) is 0 Å². The average Bonchev–Trinajstić information content (AvgIpc) is 2.77. The summed E-state index contributed by atoms with van der Waals surface area (Å²) in [5, 5.41) is 6.24. The van der Waals surface area contributed by atoms with E-state index in [1.54, 1.807) is 11.0 Å². The van der Waals surface area contributed by atoms with Crippen LogP contribution in [-0.4, -0.2) is 35.0 Å². The third kappa shape index (κ3) is 3.82. The smallest absolute Gasteiger partial charge is 0.245 e. The molecule has 0 bridgehead atoms. The van der Waals surface area contributed by atoms with E-state index in [1.807, 2.05) is 13.8 Å². The van der Waals surface area contributed by atoms with Crippen LogP contribution in [0.4, 0.5) is 5.82 Å². The predicted octanol–water partition coefficient (Wildman–Crippen LogP) is 1.90. The first-order valence-electron chi connectivity index (χ1n) is 7.05. The van der Waals surface area contributed by atoms with Gasteiger partial charge in [0.05, 0.1) is 6.54 Å². The molecule has 0 atom stereocenters. The van der Waals surface area contributed by atoms with Gasteiger partial charge in [-0.05, 0) is 18.8 Å². The van der Waals surface area contributed by atoms with Gasteiger partial charge in [-0.3, -0.25) is 9.59 Å². The average molecular weight is 279 g/mol. The van der Waals surface area contributed by atoms with Crippen LogP contribution in [0.5, 0.6) is 0 Å². The van der Waals surface area contributed by atoms with E-state index >= 15 is 0 Å². The van der Waals surface area contributed by atoms with Crippen LogP contribution >= 0.6 is 0 Å². The molecule has 2 rings (SSSR count). The zero-order chi connectivity index (χ0) is 14.5. The number of rotatable bonds is 6. The largest absolute Gasteiger partial charge is 0.363 e. The van der Waals surface area contributed by atoms with E-state index in [-0.39, 0.29) is 24.3 Å². The molecule has 0 saturated heterocycles. The zero-order valence-electron chi connectivity index (χ0n) is 12.0. The molecule has 1 heterocycles. The van der Waals surface area contributed by atoms with Crippen molar-refractivity contribution in [2.75, 3.05) is 18.4 Å². The van der Waals surface area contributed by atoms with Gasteiger partial charge in [0, 0.05) is 18.5 Å². The Bertz CT molecular complexity index is 452. The number of hydrogen-bond acceptors (Lipinski definition) is 4. The highest BCUT2D eigenvalue weighted by Gasteiger charge is 2.30. The summed E-state index contributed by atoms with van der Waals surface area (Å²) in [6, 6.07) is 1.57. The molecular weight excluding hydrogens is 258 g/mol. The number of carbonyl (C=O) groups is 2. The van der Waals surface area contributed by atoms with Crippen LogP contribution in [0.1, 0.15) is 33.1 Å². The zero-order valence-corrected chi connectivity index (χ0v) is 12.0. The van der Waals surface area contributed by atoms with E-state index in [0.717, 1.165) is 19.3 Å². The molecule has 1 aromatic rings. The summed E-state index contributed by atoms with van der Waals surface area (Å²) in [6.45, 7) is 4.75. The molecule has 110 valence electrons. The van der Waals surface area contributed by atoms with Crippen molar-refractivity contribution in [3.05, 3.63) is 12.3 Å². The summed E-state index contributed by atoms with van der Waals surface area (Å²) < 4.78 is 4.65. The second-order valence-corrected chi connectivity index (χ2v) is 5.67. The van der Waals surface area contributed by atoms with Crippen LogP contribution < -0.4 is 5.32 Å². The molecule has 0 unspecified atom stereocenters. The van der Waals surface area contributed by atoms with Gasteiger partial charge in [-0.1, -0.05) is 25.4 Å². The lowest BCUT2D eigenvalue weighted by atomic mass is 9.84. The second-order valence-electron chi connectivity index (χ2n) is 5.67. The van der Waals surface area contributed by atoms with E-state index in [2.05, 4.69) is 15.0 Å². The van der Waals surface area contributed by atoms with Crippen molar-refractivity contribution >= 4 is 17.6 Å². The Hall–Kier alpha value is -1.85. The van der Waals surface area contributed by atoms with Crippen molar-refractivity contribution in [2.45, 2.75) is 33.1 Å². The first kappa shape index (κ1) is 14.6. The van der Waals surface area contributed by atoms with Crippen molar-refractivity contribution in [3.63, 3.8) is 0 Å². The Morgan fingerprint density at radius 1 is 1.50 bits per heavy atom. The number of hydrogen-bond donors (Lipinski definition) is 1. The minimum Gasteiger partial charge on any atom is -0.363 e. The molecule has 2 amide bonds. The molecular formula is C14H21N3O3. The molecule has 0 aromatic carbocycles. The lowest BCUT2D eigenvalue weighted by Crippen LogP contribution is -2.44. The van der Waals surface area contributed by atoms with E-state index in [4.69, 9.17) is 0 Å². The van der Waals surface area contributed by atoms with Crippen molar-refractivity contribution in [1.82, 2.24) is 10.1 Å². The van der Waals surface area contributed by atoms with Gasteiger partial charge in [0.15, 0.2) is 5.82 Å². The van der Waals surface area contributed by atoms with Gasteiger partial charge in [0.25, 0.3) is 0 Å². The SMILES string of the molecule is CC(C)CN(CC(=O)Nc1ccon1)C(=O)C1CCC1. The van der Waals surface area contributed by atoms with Crippen LogP contribution in [0.2, 0.25) is 0 Å². The van der Waals surface area contributed by atoms with Gasteiger partial charge in [-0.2, -0.15) is 0 Å². The number of carbonyl (C=O) groups excluding carboxylic acids is 2. The maximum atomic E-state index is 12.3. The first-order chi connectivity index (χ1) is 9.56. The highest BCUT2D eigenvalue weighted by molar-refractivity contribution is 5.94. The highest BCUT2D eigenvalue weighted by Crippen LogP contribution is 2.28. The molecule has 0 aliphatic heterocycles. The van der Waals surface area contributed by atoms with Crippen molar-refractivity contribution in [3.8, 4) is 0 Å². The Morgan fingerprint density at radius 3 is 2.75 bits per heavy atom. The lowest BCUT2D eigenvalue weighted by Gasteiger charge is -2.32. The lowest BCUT2D eigenvalue weighted by molar-refractivity contribution is -0.141. The van der Waals surface area contributed by atoms with E-state index in [9.17, 15) is 9.59 Å². The van der Waals surface area contributed by atoms with Crippen molar-refractivity contribution in [1.29, 1.82) is 0 Å². The van der Waals surface area contributed by atoms with Gasteiger partial charge in [0.1, 0.15) is 6.26 Å². The van der Waals surface area contributed by atoms with Crippen LogP contribution in [0, 0.1) is 11.8 Å². The van der Waals surface area contributed by atoms with E-state index in [0.29, 0.717) is 18.3 Å². The van der Waals surface area contributed by atoms with Gasteiger partial charge < -0.3 is 14.7 Å². The third-order valence-electron chi connectivity index (χ3n) is 3.39. The molecule has 1 fully saturated rings. The maximum absolute atomic E-state index is 12.3. The normalized spacial score (nSPS) is 14.9. The fourth-order valence-electron chi connectivity index (χ4n) is 2.22. The molecule has 0 radical (unpaired) electrons. The number of amides is 2. The topological polar surface area (TPSA) is 75.4 Å². The first-order valence-corrected chi connectivity index (χ1v) is 7.05. The molecule has 6 heteroatoms. The summed E-state index contributed by atoms with van der Waals surface area (Å²) >= 11 is 0. The fourth-order valence-corrected chi connectivity index (χ4v) is 2.22. The molecule has 1 aliphatic carbocycles. The number of aromatic nitrogens is 1.